The van der Waals surface area contributed by atoms with Gasteiger partial charge in [0, 0.05) is 0 Å². The Kier molecular flexibility index (Phi) is 5.71. The molecule has 1 aromatic rings. The molecule has 9 heteroatoms. The molecule has 3 aliphatic heterocycles. The van der Waals surface area contributed by atoms with Crippen molar-refractivity contribution in [3.05, 3.63) is 35.9 Å². The van der Waals surface area contributed by atoms with Gasteiger partial charge in [-0.3, -0.25) is 0 Å². The lowest BCUT2D eigenvalue weighted by Crippen LogP contribution is -2.77. The van der Waals surface area contributed by atoms with Crippen molar-refractivity contribution in [3.8, 4) is 0 Å². The Morgan fingerprint density at radius 1 is 1.03 bits per heavy atom. The topological polar surface area (TPSA) is 92.7 Å². The van der Waals surface area contributed by atoms with Gasteiger partial charge in [0.2, 0.25) is 0 Å². The molecule has 1 aromatic carbocycles. The summed E-state index contributed by atoms with van der Waals surface area (Å²) in [6.07, 6.45) is -5.21. The number of rotatable bonds is 5. The number of carbonyl (C=O) groups is 1. The standard InChI is InChI=1S/C21H30O8Si/c1-21(2,3)30(4,5)29-18-15-13(22)14-16(17(18)28-20(26-14)27-15)25-19(23)24-11-12-9-7-6-8-10-12/h6-10,13-18,20,22H,11H2,1-5H3. The van der Waals surface area contributed by atoms with E-state index in [1.807, 2.05) is 30.3 Å². The number of aliphatic hydroxyl groups excluding tert-OH is 1. The van der Waals surface area contributed by atoms with Crippen LogP contribution in [0.15, 0.2) is 30.3 Å². The SMILES string of the molecule is CC(C)(C)[Si](C)(C)OC1C2OC3OC(C2O)C(OC(=O)OCc2ccccc2)C1O3. The van der Waals surface area contributed by atoms with Gasteiger partial charge in [-0.1, -0.05) is 51.1 Å². The molecule has 3 saturated heterocycles. The van der Waals surface area contributed by atoms with Gasteiger partial charge in [0.05, 0.1) is 0 Å². The highest BCUT2D eigenvalue weighted by molar-refractivity contribution is 6.74. The van der Waals surface area contributed by atoms with Crippen molar-refractivity contribution in [2.75, 3.05) is 0 Å². The van der Waals surface area contributed by atoms with E-state index in [2.05, 4.69) is 33.9 Å². The fraction of sp³-hybridized carbons (Fsp3) is 0.667. The van der Waals surface area contributed by atoms with Crippen LogP contribution in [0.2, 0.25) is 18.1 Å². The van der Waals surface area contributed by atoms with Crippen molar-refractivity contribution in [3.63, 3.8) is 0 Å². The summed E-state index contributed by atoms with van der Waals surface area (Å²) in [5.41, 5.74) is 0.847. The lowest BCUT2D eigenvalue weighted by Gasteiger charge is -2.58. The van der Waals surface area contributed by atoms with Crippen LogP contribution in [0, 0.1) is 0 Å². The molecule has 4 fully saturated rings. The highest BCUT2D eigenvalue weighted by Gasteiger charge is 2.64. The second kappa shape index (κ2) is 7.89. The minimum Gasteiger partial charge on any atom is -0.429 e. The highest BCUT2D eigenvalue weighted by atomic mass is 28.4. The molecule has 3 heterocycles. The van der Waals surface area contributed by atoms with Gasteiger partial charge in [-0.25, -0.2) is 4.79 Å². The van der Waals surface area contributed by atoms with Crippen LogP contribution in [0.5, 0.6) is 0 Å². The third kappa shape index (κ3) is 4.02. The number of benzene rings is 1. The molecule has 4 aliphatic rings. The van der Waals surface area contributed by atoms with E-state index in [9.17, 15) is 9.90 Å². The van der Waals surface area contributed by atoms with Crippen molar-refractivity contribution in [2.45, 2.75) is 88.6 Å². The molecule has 4 bridgehead atoms. The predicted molar refractivity (Wildman–Crippen MR) is 108 cm³/mol. The zero-order valence-electron chi connectivity index (χ0n) is 17.9. The first-order chi connectivity index (χ1) is 14.1. The normalized spacial score (nSPS) is 35.3. The minimum absolute atomic E-state index is 0.0475. The lowest BCUT2D eigenvalue weighted by atomic mass is 9.82. The number of hydrogen-bond acceptors (Lipinski definition) is 8. The Morgan fingerprint density at radius 2 is 1.63 bits per heavy atom. The van der Waals surface area contributed by atoms with Crippen LogP contribution < -0.4 is 0 Å². The van der Waals surface area contributed by atoms with E-state index in [1.54, 1.807) is 0 Å². The quantitative estimate of drug-likeness (QED) is 0.554. The second-order valence-electron chi connectivity index (χ2n) is 9.53. The van der Waals surface area contributed by atoms with Gasteiger partial charge in [-0.2, -0.15) is 0 Å². The molecule has 8 nitrogen and oxygen atoms in total. The van der Waals surface area contributed by atoms with Gasteiger partial charge in [-0.15, -0.1) is 0 Å². The smallest absolute Gasteiger partial charge is 0.429 e. The molecule has 0 spiro atoms. The highest BCUT2D eigenvalue weighted by Crippen LogP contribution is 2.46. The molecule has 0 amide bonds. The zero-order chi connectivity index (χ0) is 21.7. The largest absolute Gasteiger partial charge is 0.509 e. The van der Waals surface area contributed by atoms with E-state index in [0.717, 1.165) is 5.56 Å². The summed E-state index contributed by atoms with van der Waals surface area (Å²) in [7, 11) is -2.21. The van der Waals surface area contributed by atoms with Crippen LogP contribution in [0.4, 0.5) is 4.79 Å². The molecule has 0 radical (unpaired) electrons. The molecular weight excluding hydrogens is 408 g/mol. The number of aliphatic hydroxyl groups is 1. The fourth-order valence-electron chi connectivity index (χ4n) is 3.74. The molecule has 30 heavy (non-hydrogen) atoms. The number of ether oxygens (including phenoxy) is 5. The maximum absolute atomic E-state index is 12.4. The molecule has 1 aliphatic carbocycles. The van der Waals surface area contributed by atoms with Crippen LogP contribution in [-0.2, 0) is 34.7 Å². The predicted octanol–water partition coefficient (Wildman–Crippen LogP) is 2.94. The average Bonchev–Trinajstić information content (AvgIpc) is 2.68. The molecule has 5 rings (SSSR count). The number of hydrogen-bond donors (Lipinski definition) is 1. The molecule has 7 atom stereocenters. The molecule has 0 aromatic heterocycles. The van der Waals surface area contributed by atoms with Crippen molar-refractivity contribution in [1.29, 1.82) is 0 Å². The van der Waals surface area contributed by atoms with Crippen LogP contribution in [-0.4, -0.2) is 62.7 Å². The third-order valence-corrected chi connectivity index (χ3v) is 10.9. The first-order valence-corrected chi connectivity index (χ1v) is 13.2. The van der Waals surface area contributed by atoms with Crippen LogP contribution >= 0.6 is 0 Å². The van der Waals surface area contributed by atoms with Crippen molar-refractivity contribution >= 4 is 14.5 Å². The first-order valence-electron chi connectivity index (χ1n) is 10.3. The minimum atomic E-state index is -2.21. The van der Waals surface area contributed by atoms with Crippen molar-refractivity contribution < 1.29 is 38.0 Å². The third-order valence-electron chi connectivity index (χ3n) is 6.44. The lowest BCUT2D eigenvalue weighted by molar-refractivity contribution is -0.479. The van der Waals surface area contributed by atoms with E-state index in [4.69, 9.17) is 28.1 Å². The van der Waals surface area contributed by atoms with Crippen LogP contribution in [0.3, 0.4) is 0 Å². The van der Waals surface area contributed by atoms with E-state index in [-0.39, 0.29) is 11.6 Å². The summed E-state index contributed by atoms with van der Waals surface area (Å²) < 4.78 is 34.4. The van der Waals surface area contributed by atoms with Gasteiger partial charge < -0.3 is 33.2 Å². The van der Waals surface area contributed by atoms with Gasteiger partial charge in [0.1, 0.15) is 37.1 Å². The van der Waals surface area contributed by atoms with E-state index < -0.39 is 57.6 Å². The van der Waals surface area contributed by atoms with Crippen molar-refractivity contribution in [2.24, 2.45) is 0 Å². The summed E-state index contributed by atoms with van der Waals surface area (Å²) in [6, 6.07) is 9.32. The van der Waals surface area contributed by atoms with Gasteiger partial charge in [0.15, 0.2) is 14.4 Å². The summed E-state index contributed by atoms with van der Waals surface area (Å²) in [4.78, 5) is 12.4. The maximum atomic E-state index is 12.4. The van der Waals surface area contributed by atoms with Crippen molar-refractivity contribution in [1.82, 2.24) is 0 Å². The van der Waals surface area contributed by atoms with Crippen LogP contribution in [0.1, 0.15) is 26.3 Å². The fourth-order valence-corrected chi connectivity index (χ4v) is 5.04. The zero-order valence-corrected chi connectivity index (χ0v) is 18.9. The summed E-state index contributed by atoms with van der Waals surface area (Å²) >= 11 is 0. The Labute approximate surface area is 177 Å². The summed E-state index contributed by atoms with van der Waals surface area (Å²) in [6.45, 7) is 9.82. The monoisotopic (exact) mass is 438 g/mol. The molecule has 1 saturated carbocycles. The molecular formula is C21H30O8Si. The molecule has 166 valence electrons. The Hall–Kier alpha value is -1.49. The second-order valence-corrected chi connectivity index (χ2v) is 14.3. The molecule has 7 unspecified atom stereocenters. The Morgan fingerprint density at radius 3 is 2.27 bits per heavy atom. The molecule has 1 N–H and O–H groups in total. The Bertz CT molecular complexity index is 764. The van der Waals surface area contributed by atoms with E-state index >= 15 is 0 Å². The van der Waals surface area contributed by atoms with Gasteiger partial charge >= 0.3 is 6.16 Å². The summed E-state index contributed by atoms with van der Waals surface area (Å²) in [5, 5.41) is 10.7. The van der Waals surface area contributed by atoms with Crippen LogP contribution in [0.25, 0.3) is 0 Å². The summed E-state index contributed by atoms with van der Waals surface area (Å²) in [5.74, 6) is 0. The maximum Gasteiger partial charge on any atom is 0.509 e. The van der Waals surface area contributed by atoms with Gasteiger partial charge in [0.25, 0.3) is 6.48 Å². The van der Waals surface area contributed by atoms with Gasteiger partial charge in [-0.05, 0) is 23.7 Å². The Balaban J connectivity index is 1.47. The number of carbonyl (C=O) groups excluding carboxylic acids is 1. The van der Waals surface area contributed by atoms with E-state index in [0.29, 0.717) is 0 Å². The average molecular weight is 439 g/mol. The van der Waals surface area contributed by atoms with E-state index in [1.165, 1.54) is 0 Å². The first kappa shape index (κ1) is 21.7.